The van der Waals surface area contributed by atoms with Crippen molar-refractivity contribution in [2.24, 2.45) is 5.73 Å². The van der Waals surface area contributed by atoms with E-state index in [9.17, 15) is 14.4 Å². The van der Waals surface area contributed by atoms with E-state index in [4.69, 9.17) is 19.6 Å². The largest absolute Gasteiger partial charge is 0.483 e. The van der Waals surface area contributed by atoms with Gasteiger partial charge in [-0.05, 0) is 18.2 Å². The number of primary amides is 1. The van der Waals surface area contributed by atoms with Crippen LogP contribution >= 0.6 is 0 Å². The molecule has 1 amide bonds. The van der Waals surface area contributed by atoms with Gasteiger partial charge in [-0.3, -0.25) is 4.79 Å². The van der Waals surface area contributed by atoms with Gasteiger partial charge in [-0.25, -0.2) is 9.59 Å². The summed E-state index contributed by atoms with van der Waals surface area (Å²) in [5.74, 6) is -1.90. The minimum atomic E-state index is -0.688. The molecule has 8 heteroatoms. The molecule has 0 aliphatic rings. The topological polar surface area (TPSA) is 118 Å². The number of benzene rings is 1. The molecule has 0 saturated heterocycles. The van der Waals surface area contributed by atoms with Crippen LogP contribution < -0.4 is 10.5 Å². The summed E-state index contributed by atoms with van der Waals surface area (Å²) < 4.78 is 19.9. The van der Waals surface area contributed by atoms with Crippen LogP contribution in [0.25, 0.3) is 0 Å². The lowest BCUT2D eigenvalue weighted by Gasteiger charge is -2.10. The van der Waals surface area contributed by atoms with Crippen molar-refractivity contribution >= 4 is 17.8 Å². The Kier molecular flexibility index (Phi) is 5.56. The third-order valence-corrected chi connectivity index (χ3v) is 2.95. The van der Waals surface area contributed by atoms with Crippen LogP contribution in [0.1, 0.15) is 26.5 Å². The quantitative estimate of drug-likeness (QED) is 0.758. The van der Waals surface area contributed by atoms with Crippen molar-refractivity contribution in [1.82, 2.24) is 0 Å². The van der Waals surface area contributed by atoms with Crippen molar-refractivity contribution in [2.75, 3.05) is 13.7 Å². The van der Waals surface area contributed by atoms with Crippen LogP contribution in [0, 0.1) is 0 Å². The van der Waals surface area contributed by atoms with Crippen molar-refractivity contribution < 1.29 is 33.0 Å². The Hall–Kier alpha value is -3.29. The lowest BCUT2D eigenvalue weighted by atomic mass is 10.2. The van der Waals surface area contributed by atoms with Gasteiger partial charge in [0.15, 0.2) is 6.61 Å². The van der Waals surface area contributed by atoms with Gasteiger partial charge in [-0.1, -0.05) is 12.1 Å². The number of para-hydroxylation sites is 1. The lowest BCUT2D eigenvalue weighted by Crippen LogP contribution is -2.21. The highest BCUT2D eigenvalue weighted by molar-refractivity contribution is 5.93. The summed E-state index contributed by atoms with van der Waals surface area (Å²) >= 11 is 0. The van der Waals surface area contributed by atoms with Crippen molar-refractivity contribution in [2.45, 2.75) is 6.61 Å². The molecule has 126 valence electrons. The predicted octanol–water partition coefficient (Wildman–Crippen LogP) is 1.29. The lowest BCUT2D eigenvalue weighted by molar-refractivity contribution is -0.119. The molecule has 24 heavy (non-hydrogen) atoms. The smallest absolute Gasteiger partial charge is 0.374 e. The Balaban J connectivity index is 2.07. The van der Waals surface area contributed by atoms with Crippen molar-refractivity contribution in [1.29, 1.82) is 0 Å². The Bertz CT molecular complexity index is 750. The van der Waals surface area contributed by atoms with Crippen molar-refractivity contribution in [3.05, 3.63) is 53.5 Å². The molecule has 1 aromatic carbocycles. The number of hydrogen-bond acceptors (Lipinski definition) is 7. The van der Waals surface area contributed by atoms with Gasteiger partial charge in [-0.15, -0.1) is 0 Å². The predicted molar refractivity (Wildman–Crippen MR) is 80.3 cm³/mol. The third kappa shape index (κ3) is 4.13. The molecular weight excluding hydrogens is 318 g/mol. The fourth-order valence-corrected chi connectivity index (χ4v) is 1.85. The van der Waals surface area contributed by atoms with E-state index in [1.165, 1.54) is 31.6 Å². The van der Waals surface area contributed by atoms with Crippen molar-refractivity contribution in [3.63, 3.8) is 0 Å². The average molecular weight is 333 g/mol. The maximum Gasteiger partial charge on any atom is 0.374 e. The van der Waals surface area contributed by atoms with Crippen LogP contribution in [0.3, 0.4) is 0 Å². The van der Waals surface area contributed by atoms with E-state index >= 15 is 0 Å². The molecule has 2 rings (SSSR count). The molecule has 0 unspecified atom stereocenters. The van der Waals surface area contributed by atoms with E-state index in [0.717, 1.165) is 0 Å². The fourth-order valence-electron chi connectivity index (χ4n) is 1.85. The zero-order valence-corrected chi connectivity index (χ0v) is 12.8. The molecule has 0 radical (unpaired) electrons. The first kappa shape index (κ1) is 17.1. The molecule has 1 aromatic heterocycles. The maximum atomic E-state index is 12.2. The monoisotopic (exact) mass is 333 g/mol. The summed E-state index contributed by atoms with van der Waals surface area (Å²) in [4.78, 5) is 34.5. The van der Waals surface area contributed by atoms with Gasteiger partial charge in [0.25, 0.3) is 5.91 Å². The first-order valence-corrected chi connectivity index (χ1v) is 6.85. The summed E-state index contributed by atoms with van der Waals surface area (Å²) in [5.41, 5.74) is 5.51. The van der Waals surface area contributed by atoms with Gasteiger partial charge in [-0.2, -0.15) is 0 Å². The third-order valence-electron chi connectivity index (χ3n) is 2.95. The number of hydrogen-bond donors (Lipinski definition) is 1. The van der Waals surface area contributed by atoms with Gasteiger partial charge in [0.1, 0.15) is 17.9 Å². The van der Waals surface area contributed by atoms with E-state index in [0.29, 0.717) is 5.56 Å². The number of esters is 2. The fraction of sp³-hybridized carbons (Fsp3) is 0.188. The molecule has 2 N–H and O–H groups in total. The molecule has 0 spiro atoms. The maximum absolute atomic E-state index is 12.2. The number of nitrogens with two attached hydrogens (primary N) is 1. The van der Waals surface area contributed by atoms with E-state index in [1.54, 1.807) is 12.1 Å². The highest BCUT2D eigenvalue weighted by Crippen LogP contribution is 2.20. The minimum Gasteiger partial charge on any atom is -0.483 e. The number of methoxy groups -OCH3 is 1. The van der Waals surface area contributed by atoms with Crippen LogP contribution in [0.15, 0.2) is 41.0 Å². The summed E-state index contributed by atoms with van der Waals surface area (Å²) in [6.07, 6.45) is 1.29. The van der Waals surface area contributed by atoms with Gasteiger partial charge in [0.05, 0.1) is 13.4 Å². The second-order valence-corrected chi connectivity index (χ2v) is 4.59. The second-order valence-electron chi connectivity index (χ2n) is 4.59. The van der Waals surface area contributed by atoms with Crippen LogP contribution in [0.5, 0.6) is 5.75 Å². The first-order chi connectivity index (χ1) is 11.5. The summed E-state index contributed by atoms with van der Waals surface area (Å²) in [7, 11) is 1.22. The number of amides is 1. The highest BCUT2D eigenvalue weighted by atomic mass is 16.5. The Morgan fingerprint density at radius 3 is 2.58 bits per heavy atom. The number of carbonyl (C=O) groups excluding carboxylic acids is 3. The summed E-state index contributed by atoms with van der Waals surface area (Å²) in [5, 5.41) is 0. The number of furan rings is 1. The summed E-state index contributed by atoms with van der Waals surface area (Å²) in [6.45, 7) is -0.553. The van der Waals surface area contributed by atoms with Gasteiger partial charge >= 0.3 is 11.9 Å². The van der Waals surface area contributed by atoms with E-state index in [-0.39, 0.29) is 30.3 Å². The Labute approximate surface area is 137 Å². The van der Waals surface area contributed by atoms with Gasteiger partial charge in [0.2, 0.25) is 5.76 Å². The molecule has 0 saturated carbocycles. The SMILES string of the molecule is COC(=O)c1occc1COC(=O)c1ccccc1OCC(N)=O. The van der Waals surface area contributed by atoms with Gasteiger partial charge in [0, 0.05) is 5.56 Å². The van der Waals surface area contributed by atoms with Crippen LogP contribution in [0.4, 0.5) is 0 Å². The van der Waals surface area contributed by atoms with Crippen LogP contribution in [-0.4, -0.2) is 31.6 Å². The van der Waals surface area contributed by atoms with E-state index < -0.39 is 17.8 Å². The molecule has 1 heterocycles. The summed E-state index contributed by atoms with van der Waals surface area (Å²) in [6, 6.07) is 7.74. The Morgan fingerprint density at radius 2 is 1.88 bits per heavy atom. The number of ether oxygens (including phenoxy) is 3. The molecule has 8 nitrogen and oxygen atoms in total. The Morgan fingerprint density at radius 1 is 1.12 bits per heavy atom. The minimum absolute atomic E-state index is 0.0384. The van der Waals surface area contributed by atoms with E-state index in [2.05, 4.69) is 4.74 Å². The number of rotatable bonds is 7. The van der Waals surface area contributed by atoms with Crippen LogP contribution in [0.2, 0.25) is 0 Å². The van der Waals surface area contributed by atoms with Crippen LogP contribution in [-0.2, 0) is 20.9 Å². The molecule has 2 aromatic rings. The average Bonchev–Trinajstić information content (AvgIpc) is 3.06. The van der Waals surface area contributed by atoms with E-state index in [1.807, 2.05) is 0 Å². The highest BCUT2D eigenvalue weighted by Gasteiger charge is 2.19. The molecule has 0 aliphatic carbocycles. The zero-order chi connectivity index (χ0) is 17.5. The zero-order valence-electron chi connectivity index (χ0n) is 12.8. The normalized spacial score (nSPS) is 10.0. The molecule has 0 atom stereocenters. The molecular formula is C16H15NO7. The molecule has 0 aliphatic heterocycles. The molecule has 0 fully saturated rings. The second kappa shape index (κ2) is 7.82. The van der Waals surface area contributed by atoms with Crippen molar-refractivity contribution in [3.8, 4) is 5.75 Å². The van der Waals surface area contributed by atoms with Gasteiger partial charge < -0.3 is 24.4 Å². The first-order valence-electron chi connectivity index (χ1n) is 6.85. The standard InChI is InChI=1S/C16H15NO7/c1-21-16(20)14-10(6-7-22-14)8-24-15(19)11-4-2-3-5-12(11)23-9-13(17)18/h2-7H,8-9H2,1H3,(H2,17,18). The number of carbonyl (C=O) groups is 3. The molecule has 0 bridgehead atoms.